The maximum absolute atomic E-state index is 12.9. The summed E-state index contributed by atoms with van der Waals surface area (Å²) in [5.74, 6) is 0.113. The minimum absolute atomic E-state index is 0.0737. The van der Waals surface area contributed by atoms with E-state index in [1.165, 1.54) is 7.11 Å². The number of benzene rings is 1. The van der Waals surface area contributed by atoms with Crippen molar-refractivity contribution in [3.63, 3.8) is 0 Å². The molecule has 1 aromatic rings. The third-order valence-corrected chi connectivity index (χ3v) is 4.44. The van der Waals surface area contributed by atoms with Crippen molar-refractivity contribution in [2.45, 2.75) is 39.7 Å². The first-order valence-corrected chi connectivity index (χ1v) is 9.25. The van der Waals surface area contributed by atoms with Crippen molar-refractivity contribution in [2.75, 3.05) is 26.8 Å². The molecule has 1 saturated heterocycles. The van der Waals surface area contributed by atoms with Crippen LogP contribution in [0.3, 0.4) is 0 Å². The van der Waals surface area contributed by atoms with Crippen molar-refractivity contribution in [3.8, 4) is 11.5 Å². The van der Waals surface area contributed by atoms with Crippen LogP contribution in [0, 0.1) is 5.92 Å². The highest BCUT2D eigenvalue weighted by molar-refractivity contribution is 6.32. The molecule has 0 unspecified atom stereocenters. The molecule has 1 amide bonds. The Morgan fingerprint density at radius 1 is 1.35 bits per heavy atom. The number of ether oxygens (including phenoxy) is 3. The van der Waals surface area contributed by atoms with Crippen molar-refractivity contribution in [1.82, 2.24) is 4.90 Å². The smallest absolute Gasteiger partial charge is 0.310 e. The lowest BCUT2D eigenvalue weighted by atomic mass is 9.97. The van der Waals surface area contributed by atoms with Crippen LogP contribution in [0.5, 0.6) is 11.5 Å². The fourth-order valence-electron chi connectivity index (χ4n) is 2.99. The number of rotatable bonds is 6. The van der Waals surface area contributed by atoms with Gasteiger partial charge in [-0.1, -0.05) is 11.6 Å². The molecule has 0 N–H and O–H groups in total. The molecule has 1 fully saturated rings. The molecule has 0 bridgehead atoms. The summed E-state index contributed by atoms with van der Waals surface area (Å²) >= 11 is 6.31. The van der Waals surface area contributed by atoms with E-state index in [4.69, 9.17) is 25.8 Å². The number of amides is 1. The van der Waals surface area contributed by atoms with Gasteiger partial charge in [-0.2, -0.15) is 0 Å². The van der Waals surface area contributed by atoms with Crippen LogP contribution in [0.1, 0.15) is 44.0 Å². The minimum atomic E-state index is -0.284. The van der Waals surface area contributed by atoms with Crippen LogP contribution < -0.4 is 9.47 Å². The monoisotopic (exact) mass is 383 g/mol. The lowest BCUT2D eigenvalue weighted by Gasteiger charge is -2.31. The number of carbonyl (C=O) groups excluding carboxylic acids is 2. The minimum Gasteiger partial charge on any atom is -0.493 e. The summed E-state index contributed by atoms with van der Waals surface area (Å²) in [6.07, 6.45) is 1.41. The third-order valence-electron chi connectivity index (χ3n) is 4.16. The summed E-state index contributed by atoms with van der Waals surface area (Å²) < 4.78 is 16.1. The van der Waals surface area contributed by atoms with E-state index in [1.54, 1.807) is 24.0 Å². The molecule has 7 heteroatoms. The third kappa shape index (κ3) is 4.81. The lowest BCUT2D eigenvalue weighted by molar-refractivity contribution is -0.149. The van der Waals surface area contributed by atoms with Gasteiger partial charge in [-0.3, -0.25) is 9.59 Å². The highest BCUT2D eigenvalue weighted by atomic mass is 35.5. The summed E-state index contributed by atoms with van der Waals surface area (Å²) in [5.41, 5.74) is 0.410. The number of hydrogen-bond donors (Lipinski definition) is 0. The molecule has 0 radical (unpaired) electrons. The first-order chi connectivity index (χ1) is 12.4. The van der Waals surface area contributed by atoms with Crippen LogP contribution >= 0.6 is 11.6 Å². The van der Waals surface area contributed by atoms with Crippen LogP contribution in [0.2, 0.25) is 5.02 Å². The number of hydrogen-bond acceptors (Lipinski definition) is 5. The van der Waals surface area contributed by atoms with E-state index in [-0.39, 0.29) is 23.9 Å². The van der Waals surface area contributed by atoms with Gasteiger partial charge in [-0.25, -0.2) is 0 Å². The van der Waals surface area contributed by atoms with E-state index < -0.39 is 0 Å². The average Bonchev–Trinajstić information content (AvgIpc) is 2.62. The molecule has 0 aliphatic carbocycles. The van der Waals surface area contributed by atoms with Crippen LogP contribution in [-0.4, -0.2) is 49.7 Å². The Balaban J connectivity index is 2.20. The van der Waals surface area contributed by atoms with Gasteiger partial charge in [0.1, 0.15) is 0 Å². The molecule has 6 nitrogen and oxygen atoms in total. The largest absolute Gasteiger partial charge is 0.493 e. The van der Waals surface area contributed by atoms with E-state index >= 15 is 0 Å². The zero-order valence-electron chi connectivity index (χ0n) is 15.7. The Bertz CT molecular complexity index is 662. The number of likely N-dealkylation sites (tertiary alicyclic amines) is 1. The average molecular weight is 384 g/mol. The molecule has 1 atom stereocenters. The number of carbonyl (C=O) groups is 2. The molecule has 1 aliphatic rings. The Morgan fingerprint density at radius 2 is 2.08 bits per heavy atom. The van der Waals surface area contributed by atoms with Crippen molar-refractivity contribution < 1.29 is 23.8 Å². The normalized spacial score (nSPS) is 17.2. The maximum atomic E-state index is 12.9. The second-order valence-corrected chi connectivity index (χ2v) is 6.91. The van der Waals surface area contributed by atoms with E-state index in [1.807, 2.05) is 13.8 Å². The quantitative estimate of drug-likeness (QED) is 0.703. The zero-order chi connectivity index (χ0) is 19.3. The summed E-state index contributed by atoms with van der Waals surface area (Å²) in [7, 11) is 1.50. The number of esters is 1. The predicted molar refractivity (Wildman–Crippen MR) is 99.0 cm³/mol. The van der Waals surface area contributed by atoms with Gasteiger partial charge in [0, 0.05) is 18.7 Å². The van der Waals surface area contributed by atoms with E-state index in [0.717, 1.165) is 12.8 Å². The first-order valence-electron chi connectivity index (χ1n) is 8.87. The van der Waals surface area contributed by atoms with Crippen molar-refractivity contribution in [2.24, 2.45) is 5.92 Å². The fraction of sp³-hybridized carbons (Fsp3) is 0.579. The fourth-order valence-corrected chi connectivity index (χ4v) is 3.25. The Hall–Kier alpha value is -1.95. The van der Waals surface area contributed by atoms with Crippen LogP contribution in [0.25, 0.3) is 0 Å². The maximum Gasteiger partial charge on any atom is 0.310 e. The van der Waals surface area contributed by atoms with E-state index in [9.17, 15) is 9.59 Å². The Morgan fingerprint density at radius 3 is 2.69 bits per heavy atom. The van der Waals surface area contributed by atoms with Gasteiger partial charge < -0.3 is 19.1 Å². The van der Waals surface area contributed by atoms with Gasteiger partial charge in [0.05, 0.1) is 30.8 Å². The van der Waals surface area contributed by atoms with Gasteiger partial charge in [0.2, 0.25) is 0 Å². The summed E-state index contributed by atoms with van der Waals surface area (Å²) in [6, 6.07) is 3.21. The van der Waals surface area contributed by atoms with Crippen molar-refractivity contribution in [3.05, 3.63) is 22.7 Å². The number of methoxy groups -OCH3 is 1. The highest BCUT2D eigenvalue weighted by Gasteiger charge is 2.30. The standard InChI is InChI=1S/C19H26ClNO5/c1-5-25-19(23)13-7-6-8-21(11-13)18(22)14-9-15(20)17(26-12(2)3)16(10-14)24-4/h9-10,12-13H,5-8,11H2,1-4H3/t13-/m1/s1. The van der Waals surface area contributed by atoms with Crippen LogP contribution in [0.15, 0.2) is 12.1 Å². The number of nitrogens with zero attached hydrogens (tertiary/aromatic N) is 1. The Labute approximate surface area is 159 Å². The molecule has 1 aliphatic heterocycles. The van der Waals surface area contributed by atoms with E-state index in [0.29, 0.717) is 41.8 Å². The summed E-state index contributed by atoms with van der Waals surface area (Å²) in [5, 5.41) is 0.320. The van der Waals surface area contributed by atoms with Crippen LogP contribution in [0.4, 0.5) is 0 Å². The molecular weight excluding hydrogens is 358 g/mol. The first kappa shape index (κ1) is 20.4. The molecule has 26 heavy (non-hydrogen) atoms. The number of piperidine rings is 1. The molecular formula is C19H26ClNO5. The summed E-state index contributed by atoms with van der Waals surface area (Å²) in [6.45, 7) is 6.84. The van der Waals surface area contributed by atoms with Gasteiger partial charge in [0.25, 0.3) is 5.91 Å². The molecule has 144 valence electrons. The van der Waals surface area contributed by atoms with Crippen LogP contribution in [-0.2, 0) is 9.53 Å². The molecule has 0 aromatic heterocycles. The second-order valence-electron chi connectivity index (χ2n) is 6.50. The van der Waals surface area contributed by atoms with Gasteiger partial charge in [-0.15, -0.1) is 0 Å². The van der Waals surface area contributed by atoms with E-state index in [2.05, 4.69) is 0 Å². The van der Waals surface area contributed by atoms with Crippen molar-refractivity contribution in [1.29, 1.82) is 0 Å². The van der Waals surface area contributed by atoms with Crippen molar-refractivity contribution >= 4 is 23.5 Å². The second kappa shape index (κ2) is 9.12. The molecule has 0 spiro atoms. The summed E-state index contributed by atoms with van der Waals surface area (Å²) in [4.78, 5) is 26.6. The topological polar surface area (TPSA) is 65.1 Å². The number of halogens is 1. The molecule has 1 aromatic carbocycles. The van der Waals surface area contributed by atoms with Gasteiger partial charge >= 0.3 is 5.97 Å². The molecule has 1 heterocycles. The zero-order valence-corrected chi connectivity index (χ0v) is 16.5. The lowest BCUT2D eigenvalue weighted by Crippen LogP contribution is -2.42. The Kier molecular flexibility index (Phi) is 7.14. The SMILES string of the molecule is CCOC(=O)[C@@H]1CCCN(C(=O)c2cc(Cl)c(OC(C)C)c(OC)c2)C1. The highest BCUT2D eigenvalue weighted by Crippen LogP contribution is 2.37. The molecule has 2 rings (SSSR count). The predicted octanol–water partition coefficient (Wildman–Crippen LogP) is 3.55. The van der Waals surface area contributed by atoms with Gasteiger partial charge in [-0.05, 0) is 45.7 Å². The molecule has 0 saturated carbocycles. The van der Waals surface area contributed by atoms with Gasteiger partial charge in [0.15, 0.2) is 11.5 Å².